The summed E-state index contributed by atoms with van der Waals surface area (Å²) in [5.74, 6) is 2.04. The van der Waals surface area contributed by atoms with Crippen molar-refractivity contribution in [3.63, 3.8) is 0 Å². The van der Waals surface area contributed by atoms with Gasteiger partial charge in [0.1, 0.15) is 5.75 Å². The molecule has 0 bridgehead atoms. The number of rotatable bonds is 6. The Kier molecular flexibility index (Phi) is 3.99. The van der Waals surface area contributed by atoms with Gasteiger partial charge in [0.15, 0.2) is 0 Å². The Morgan fingerprint density at radius 2 is 2.26 bits per heavy atom. The van der Waals surface area contributed by atoms with E-state index in [-0.39, 0.29) is 0 Å². The monoisotopic (exact) mass is 279 g/mol. The number of benzene rings is 1. The highest BCUT2D eigenvalue weighted by Crippen LogP contribution is 2.35. The summed E-state index contributed by atoms with van der Waals surface area (Å²) in [5, 5.41) is 4.51. The summed E-state index contributed by atoms with van der Waals surface area (Å²) in [7, 11) is 0. The van der Waals surface area contributed by atoms with Gasteiger partial charge < -0.3 is 10.1 Å². The fourth-order valence-corrected chi connectivity index (χ4v) is 3.15. The molecule has 0 radical (unpaired) electrons. The standard InChI is InChI=1S/C16H22ClNO/c1-2-15(7-11-3-4-11)18-10-13-9-14(17)8-12-5-6-19-16(12)13/h8-9,11,15,18H,2-7,10H2,1H3. The van der Waals surface area contributed by atoms with Gasteiger partial charge in [-0.05, 0) is 36.5 Å². The average molecular weight is 280 g/mol. The second kappa shape index (κ2) is 5.72. The van der Waals surface area contributed by atoms with Gasteiger partial charge in [0.25, 0.3) is 0 Å². The Hall–Kier alpha value is -0.730. The highest BCUT2D eigenvalue weighted by Gasteiger charge is 2.25. The quantitative estimate of drug-likeness (QED) is 0.851. The Morgan fingerprint density at radius 3 is 3.00 bits per heavy atom. The summed E-state index contributed by atoms with van der Waals surface area (Å²) >= 11 is 6.19. The highest BCUT2D eigenvalue weighted by molar-refractivity contribution is 6.30. The minimum Gasteiger partial charge on any atom is -0.493 e. The van der Waals surface area contributed by atoms with Gasteiger partial charge in [0.05, 0.1) is 6.61 Å². The Bertz CT molecular complexity index is 456. The van der Waals surface area contributed by atoms with Crippen LogP contribution in [0.15, 0.2) is 12.1 Å². The molecule has 1 aromatic carbocycles. The van der Waals surface area contributed by atoms with Crippen LogP contribution in [0.1, 0.15) is 43.7 Å². The van der Waals surface area contributed by atoms with E-state index in [0.29, 0.717) is 6.04 Å². The van der Waals surface area contributed by atoms with Crippen LogP contribution in [-0.2, 0) is 13.0 Å². The van der Waals surface area contributed by atoms with Gasteiger partial charge in [-0.25, -0.2) is 0 Å². The molecular weight excluding hydrogens is 258 g/mol. The van der Waals surface area contributed by atoms with Crippen molar-refractivity contribution in [2.24, 2.45) is 5.92 Å². The summed E-state index contributed by atoms with van der Waals surface area (Å²) in [6, 6.07) is 4.71. The minimum absolute atomic E-state index is 0.628. The summed E-state index contributed by atoms with van der Waals surface area (Å²) < 4.78 is 5.75. The second-order valence-electron chi connectivity index (χ2n) is 5.82. The van der Waals surface area contributed by atoms with Crippen molar-refractivity contribution in [1.29, 1.82) is 0 Å². The van der Waals surface area contributed by atoms with Crippen molar-refractivity contribution in [2.75, 3.05) is 6.61 Å². The predicted molar refractivity (Wildman–Crippen MR) is 78.9 cm³/mol. The summed E-state index contributed by atoms with van der Waals surface area (Å²) in [6.07, 6.45) is 6.35. The van der Waals surface area contributed by atoms with Crippen LogP contribution >= 0.6 is 11.6 Å². The molecule has 2 nitrogen and oxygen atoms in total. The smallest absolute Gasteiger partial charge is 0.127 e. The predicted octanol–water partition coefficient (Wildman–Crippen LogP) is 3.94. The van der Waals surface area contributed by atoms with Crippen LogP contribution in [0.5, 0.6) is 5.75 Å². The zero-order valence-electron chi connectivity index (χ0n) is 11.5. The zero-order chi connectivity index (χ0) is 13.2. The third kappa shape index (κ3) is 3.24. The van der Waals surface area contributed by atoms with Crippen LogP contribution in [0, 0.1) is 5.92 Å². The summed E-state index contributed by atoms with van der Waals surface area (Å²) in [4.78, 5) is 0. The molecule has 0 saturated heterocycles. The van der Waals surface area contributed by atoms with E-state index in [1.165, 1.54) is 36.8 Å². The van der Waals surface area contributed by atoms with E-state index >= 15 is 0 Å². The van der Waals surface area contributed by atoms with E-state index in [2.05, 4.69) is 12.2 Å². The van der Waals surface area contributed by atoms with E-state index < -0.39 is 0 Å². The van der Waals surface area contributed by atoms with E-state index in [1.807, 2.05) is 12.1 Å². The third-order valence-corrected chi connectivity index (χ3v) is 4.43. The summed E-state index contributed by atoms with van der Waals surface area (Å²) in [6.45, 7) is 3.93. The van der Waals surface area contributed by atoms with Crippen LogP contribution in [-0.4, -0.2) is 12.6 Å². The molecule has 1 fully saturated rings. The van der Waals surface area contributed by atoms with Crippen LogP contribution in [0.3, 0.4) is 0 Å². The summed E-state index contributed by atoms with van der Waals surface area (Å²) in [5.41, 5.74) is 2.48. The first-order valence-corrected chi connectivity index (χ1v) is 7.81. The van der Waals surface area contributed by atoms with Crippen molar-refractivity contribution in [3.05, 3.63) is 28.3 Å². The van der Waals surface area contributed by atoms with Crippen molar-refractivity contribution >= 4 is 11.6 Å². The molecule has 3 heteroatoms. The molecule has 19 heavy (non-hydrogen) atoms. The fourth-order valence-electron chi connectivity index (χ4n) is 2.88. The lowest BCUT2D eigenvalue weighted by Gasteiger charge is -2.18. The number of nitrogens with one attached hydrogen (secondary N) is 1. The molecule has 3 rings (SSSR count). The minimum atomic E-state index is 0.628. The molecule has 2 aliphatic rings. The molecule has 0 aromatic heterocycles. The van der Waals surface area contributed by atoms with Gasteiger partial charge in [0.2, 0.25) is 0 Å². The second-order valence-corrected chi connectivity index (χ2v) is 6.25. The highest BCUT2D eigenvalue weighted by atomic mass is 35.5. The lowest BCUT2D eigenvalue weighted by molar-refractivity contribution is 0.350. The molecule has 1 N–H and O–H groups in total. The SMILES string of the molecule is CCC(CC1CC1)NCc1cc(Cl)cc2c1OCC2. The molecule has 1 aromatic rings. The average Bonchev–Trinajstić information content (AvgIpc) is 3.09. The Morgan fingerprint density at radius 1 is 1.42 bits per heavy atom. The van der Waals surface area contributed by atoms with Crippen molar-refractivity contribution in [3.8, 4) is 5.75 Å². The van der Waals surface area contributed by atoms with Crippen LogP contribution in [0.2, 0.25) is 5.02 Å². The van der Waals surface area contributed by atoms with Crippen LogP contribution < -0.4 is 10.1 Å². The lowest BCUT2D eigenvalue weighted by atomic mass is 10.1. The van der Waals surface area contributed by atoms with E-state index in [0.717, 1.165) is 36.3 Å². The van der Waals surface area contributed by atoms with Gasteiger partial charge in [-0.1, -0.05) is 31.4 Å². The van der Waals surface area contributed by atoms with Crippen LogP contribution in [0.4, 0.5) is 0 Å². The normalized spacial score (nSPS) is 19.1. The number of hydrogen-bond donors (Lipinski definition) is 1. The third-order valence-electron chi connectivity index (χ3n) is 4.21. The molecular formula is C16H22ClNO. The number of fused-ring (bicyclic) bond motifs is 1. The maximum absolute atomic E-state index is 6.19. The Balaban J connectivity index is 1.65. The van der Waals surface area contributed by atoms with Gasteiger partial charge in [-0.15, -0.1) is 0 Å². The van der Waals surface area contributed by atoms with Crippen LogP contribution in [0.25, 0.3) is 0 Å². The molecule has 104 valence electrons. The van der Waals surface area contributed by atoms with Crippen molar-refractivity contribution in [1.82, 2.24) is 5.32 Å². The van der Waals surface area contributed by atoms with Gasteiger partial charge in [0, 0.05) is 29.6 Å². The number of halogens is 1. The first-order chi connectivity index (χ1) is 9.26. The first kappa shape index (κ1) is 13.3. The Labute approximate surface area is 120 Å². The molecule has 1 atom stereocenters. The van der Waals surface area contributed by atoms with Crippen molar-refractivity contribution in [2.45, 2.75) is 51.6 Å². The first-order valence-electron chi connectivity index (χ1n) is 7.43. The molecule has 0 amide bonds. The maximum atomic E-state index is 6.19. The van der Waals surface area contributed by atoms with Crippen molar-refractivity contribution < 1.29 is 4.74 Å². The van der Waals surface area contributed by atoms with Gasteiger partial charge >= 0.3 is 0 Å². The van der Waals surface area contributed by atoms with Gasteiger partial charge in [-0.3, -0.25) is 0 Å². The lowest BCUT2D eigenvalue weighted by Crippen LogP contribution is -2.28. The number of hydrogen-bond acceptors (Lipinski definition) is 2. The van der Waals surface area contributed by atoms with E-state index in [9.17, 15) is 0 Å². The zero-order valence-corrected chi connectivity index (χ0v) is 12.3. The molecule has 1 heterocycles. The molecule has 1 saturated carbocycles. The number of ether oxygens (including phenoxy) is 1. The van der Waals surface area contributed by atoms with Gasteiger partial charge in [-0.2, -0.15) is 0 Å². The van der Waals surface area contributed by atoms with E-state index in [1.54, 1.807) is 0 Å². The molecule has 0 spiro atoms. The fraction of sp³-hybridized carbons (Fsp3) is 0.625. The maximum Gasteiger partial charge on any atom is 0.127 e. The molecule has 1 unspecified atom stereocenters. The molecule has 1 aliphatic carbocycles. The molecule has 1 aliphatic heterocycles. The largest absolute Gasteiger partial charge is 0.493 e. The topological polar surface area (TPSA) is 21.3 Å². The van der Waals surface area contributed by atoms with E-state index in [4.69, 9.17) is 16.3 Å².